The third-order valence-electron chi connectivity index (χ3n) is 4.55. The zero-order valence-electron chi connectivity index (χ0n) is 11.2. The fraction of sp³-hybridized carbons (Fsp3) is 0.500. The molecule has 21 heavy (non-hydrogen) atoms. The molecule has 0 saturated heterocycles. The Morgan fingerprint density at radius 1 is 1.14 bits per heavy atom. The van der Waals surface area contributed by atoms with E-state index in [9.17, 15) is 19.5 Å². The van der Waals surface area contributed by atoms with Gasteiger partial charge in [0.25, 0.3) is 0 Å². The van der Waals surface area contributed by atoms with Crippen LogP contribution in [-0.4, -0.2) is 22.9 Å². The molecule has 7 heteroatoms. The van der Waals surface area contributed by atoms with Crippen LogP contribution in [0.1, 0.15) is 29.8 Å². The van der Waals surface area contributed by atoms with E-state index in [2.05, 4.69) is 10.9 Å². The normalized spacial score (nSPS) is 30.1. The SMILES string of the molecule is O=C(NNC(=O)[C@H]1[C@H]2CC[C@@H](C2)[C@@H]1C(=O)O)c1ccco1. The van der Waals surface area contributed by atoms with Crippen molar-refractivity contribution in [1.29, 1.82) is 0 Å². The van der Waals surface area contributed by atoms with Crippen LogP contribution in [0.4, 0.5) is 0 Å². The molecule has 0 aromatic carbocycles. The maximum absolute atomic E-state index is 12.2. The number of aliphatic carboxylic acids is 1. The van der Waals surface area contributed by atoms with E-state index in [-0.39, 0.29) is 17.6 Å². The van der Waals surface area contributed by atoms with Gasteiger partial charge in [0.1, 0.15) is 0 Å². The summed E-state index contributed by atoms with van der Waals surface area (Å²) in [5.41, 5.74) is 4.58. The molecule has 3 rings (SSSR count). The molecular weight excluding hydrogens is 276 g/mol. The summed E-state index contributed by atoms with van der Waals surface area (Å²) in [4.78, 5) is 35.2. The molecule has 0 radical (unpaired) electrons. The molecular formula is C14H16N2O5. The van der Waals surface area contributed by atoms with Crippen molar-refractivity contribution in [3.63, 3.8) is 0 Å². The van der Waals surface area contributed by atoms with Gasteiger partial charge in [0.05, 0.1) is 18.1 Å². The van der Waals surface area contributed by atoms with Crippen molar-refractivity contribution in [3.8, 4) is 0 Å². The third-order valence-corrected chi connectivity index (χ3v) is 4.55. The summed E-state index contributed by atoms with van der Waals surface area (Å²) in [6.45, 7) is 0. The van der Waals surface area contributed by atoms with E-state index in [1.54, 1.807) is 6.07 Å². The number of hydrogen-bond acceptors (Lipinski definition) is 4. The Morgan fingerprint density at radius 2 is 1.86 bits per heavy atom. The number of nitrogens with one attached hydrogen (secondary N) is 2. The monoisotopic (exact) mass is 292 g/mol. The van der Waals surface area contributed by atoms with Gasteiger partial charge in [-0.1, -0.05) is 0 Å². The first-order chi connectivity index (χ1) is 10.1. The Balaban J connectivity index is 1.62. The molecule has 2 bridgehead atoms. The van der Waals surface area contributed by atoms with Crippen LogP contribution >= 0.6 is 0 Å². The van der Waals surface area contributed by atoms with Gasteiger partial charge < -0.3 is 9.52 Å². The molecule has 2 aliphatic rings. The standard InChI is InChI=1S/C14H16N2O5/c17-12(9-2-1-5-21-9)15-16-13(18)10-7-3-4-8(6-7)11(10)14(19)20/h1-2,5,7-8,10-11H,3-4,6H2,(H,15,17)(H,16,18)(H,19,20)/t7-,8-,10-,11-/m0/s1. The number of carboxylic acid groups (broad SMARTS) is 1. The van der Waals surface area contributed by atoms with E-state index < -0.39 is 29.6 Å². The quantitative estimate of drug-likeness (QED) is 0.714. The highest BCUT2D eigenvalue weighted by Gasteiger charge is 2.54. The Kier molecular flexibility index (Phi) is 3.40. The minimum atomic E-state index is -0.931. The summed E-state index contributed by atoms with van der Waals surface area (Å²) in [5, 5.41) is 9.30. The van der Waals surface area contributed by atoms with Crippen LogP contribution in [0.25, 0.3) is 0 Å². The van der Waals surface area contributed by atoms with Gasteiger partial charge in [0, 0.05) is 0 Å². The molecule has 1 aromatic heterocycles. The summed E-state index contributed by atoms with van der Waals surface area (Å²) in [7, 11) is 0. The molecule has 7 nitrogen and oxygen atoms in total. The zero-order chi connectivity index (χ0) is 15.0. The van der Waals surface area contributed by atoms with E-state index in [1.165, 1.54) is 12.3 Å². The Labute approximate surface area is 120 Å². The van der Waals surface area contributed by atoms with Gasteiger partial charge in [-0.15, -0.1) is 0 Å². The second-order valence-electron chi connectivity index (χ2n) is 5.64. The fourth-order valence-corrected chi connectivity index (χ4v) is 3.69. The molecule has 0 aliphatic heterocycles. The first-order valence-corrected chi connectivity index (χ1v) is 6.94. The minimum absolute atomic E-state index is 0.0732. The van der Waals surface area contributed by atoms with Gasteiger partial charge in [0.2, 0.25) is 5.91 Å². The van der Waals surface area contributed by atoms with Crippen molar-refractivity contribution in [2.75, 3.05) is 0 Å². The van der Waals surface area contributed by atoms with Crippen LogP contribution in [-0.2, 0) is 9.59 Å². The predicted molar refractivity (Wildman–Crippen MR) is 69.8 cm³/mol. The van der Waals surface area contributed by atoms with Crippen LogP contribution in [0.5, 0.6) is 0 Å². The van der Waals surface area contributed by atoms with Crippen molar-refractivity contribution in [2.45, 2.75) is 19.3 Å². The largest absolute Gasteiger partial charge is 0.481 e. The van der Waals surface area contributed by atoms with Crippen LogP contribution in [0.2, 0.25) is 0 Å². The first-order valence-electron chi connectivity index (χ1n) is 6.94. The molecule has 1 aromatic rings. The molecule has 2 fully saturated rings. The van der Waals surface area contributed by atoms with Gasteiger partial charge in [-0.25, -0.2) is 0 Å². The maximum Gasteiger partial charge on any atom is 0.307 e. The van der Waals surface area contributed by atoms with Crippen molar-refractivity contribution >= 4 is 17.8 Å². The summed E-state index contributed by atoms with van der Waals surface area (Å²) in [6, 6.07) is 3.03. The minimum Gasteiger partial charge on any atom is -0.481 e. The molecule has 1 heterocycles. The maximum atomic E-state index is 12.2. The van der Waals surface area contributed by atoms with Gasteiger partial charge in [0.15, 0.2) is 5.76 Å². The average molecular weight is 292 g/mol. The number of furan rings is 1. The highest BCUT2D eigenvalue weighted by molar-refractivity contribution is 5.94. The van der Waals surface area contributed by atoms with Crippen molar-refractivity contribution < 1.29 is 23.9 Å². The van der Waals surface area contributed by atoms with E-state index in [1.807, 2.05) is 0 Å². The van der Waals surface area contributed by atoms with E-state index in [4.69, 9.17) is 4.42 Å². The summed E-state index contributed by atoms with van der Waals surface area (Å²) in [6.07, 6.45) is 3.87. The van der Waals surface area contributed by atoms with E-state index in [0.717, 1.165) is 19.3 Å². The Bertz CT molecular complexity index is 568. The number of carbonyl (C=O) groups excluding carboxylic acids is 2. The van der Waals surface area contributed by atoms with Gasteiger partial charge in [-0.2, -0.15) is 0 Å². The number of carboxylic acids is 1. The first kappa shape index (κ1) is 13.7. The van der Waals surface area contributed by atoms with Gasteiger partial charge in [-0.05, 0) is 43.2 Å². The predicted octanol–water partition coefficient (Wildman–Crippen LogP) is 0.788. The van der Waals surface area contributed by atoms with Gasteiger partial charge in [-0.3, -0.25) is 25.2 Å². The zero-order valence-corrected chi connectivity index (χ0v) is 11.2. The molecule has 0 unspecified atom stereocenters. The van der Waals surface area contributed by atoms with Crippen LogP contribution in [0.3, 0.4) is 0 Å². The van der Waals surface area contributed by atoms with Crippen LogP contribution in [0, 0.1) is 23.7 Å². The molecule has 112 valence electrons. The highest BCUT2D eigenvalue weighted by Crippen LogP contribution is 2.52. The molecule has 2 amide bonds. The molecule has 4 atom stereocenters. The molecule has 2 saturated carbocycles. The topological polar surface area (TPSA) is 109 Å². The lowest BCUT2D eigenvalue weighted by Crippen LogP contribution is -2.48. The Hall–Kier alpha value is -2.31. The van der Waals surface area contributed by atoms with Gasteiger partial charge >= 0.3 is 11.9 Å². The Morgan fingerprint density at radius 3 is 2.48 bits per heavy atom. The van der Waals surface area contributed by atoms with E-state index >= 15 is 0 Å². The number of hydrogen-bond donors (Lipinski definition) is 3. The molecule has 0 spiro atoms. The van der Waals surface area contributed by atoms with Crippen LogP contribution in [0.15, 0.2) is 22.8 Å². The van der Waals surface area contributed by atoms with Crippen molar-refractivity contribution in [1.82, 2.24) is 10.9 Å². The lowest BCUT2D eigenvalue weighted by Gasteiger charge is -2.26. The number of carbonyl (C=O) groups is 3. The molecule has 3 N–H and O–H groups in total. The summed E-state index contributed by atoms with van der Waals surface area (Å²) < 4.78 is 4.90. The summed E-state index contributed by atoms with van der Waals surface area (Å²) in [5.74, 6) is -2.90. The van der Waals surface area contributed by atoms with Crippen molar-refractivity contribution in [2.24, 2.45) is 23.7 Å². The fourth-order valence-electron chi connectivity index (χ4n) is 3.69. The van der Waals surface area contributed by atoms with E-state index in [0.29, 0.717) is 0 Å². The highest BCUT2D eigenvalue weighted by atomic mass is 16.4. The van der Waals surface area contributed by atoms with Crippen LogP contribution < -0.4 is 10.9 Å². The smallest absolute Gasteiger partial charge is 0.307 e. The number of hydrazine groups is 1. The average Bonchev–Trinajstić information content (AvgIpc) is 3.17. The number of rotatable bonds is 3. The summed E-state index contributed by atoms with van der Waals surface area (Å²) >= 11 is 0. The number of amides is 2. The number of fused-ring (bicyclic) bond motifs is 2. The third kappa shape index (κ3) is 2.39. The lowest BCUT2D eigenvalue weighted by atomic mass is 9.79. The second-order valence-corrected chi connectivity index (χ2v) is 5.64. The molecule has 2 aliphatic carbocycles. The lowest BCUT2D eigenvalue weighted by molar-refractivity contribution is -0.149. The van der Waals surface area contributed by atoms with Crippen molar-refractivity contribution in [3.05, 3.63) is 24.2 Å². The second kappa shape index (κ2) is 5.23.